The van der Waals surface area contributed by atoms with E-state index >= 15 is 0 Å². The minimum absolute atomic E-state index is 0.265. The van der Waals surface area contributed by atoms with E-state index in [4.69, 9.17) is 0 Å². The molecule has 0 bridgehead atoms. The van der Waals surface area contributed by atoms with Crippen molar-refractivity contribution in [1.82, 2.24) is 4.40 Å². The number of pyridine rings is 2. The van der Waals surface area contributed by atoms with Gasteiger partial charge in [-0.1, -0.05) is 89.1 Å². The Bertz CT molecular complexity index is 1800. The molecule has 0 spiro atoms. The van der Waals surface area contributed by atoms with Crippen LogP contribution in [0, 0.1) is 12.3 Å². The van der Waals surface area contributed by atoms with Gasteiger partial charge >= 0.3 is 0 Å². The van der Waals surface area contributed by atoms with Crippen LogP contribution in [-0.4, -0.2) is 12.5 Å². The summed E-state index contributed by atoms with van der Waals surface area (Å²) in [5.41, 5.74) is 8.51. The Balaban J connectivity index is 1.87. The molecule has 0 aliphatic heterocycles. The summed E-state index contributed by atoms with van der Waals surface area (Å²) in [5, 5.41) is 8.57. The molecule has 0 saturated heterocycles. The van der Waals surface area contributed by atoms with Gasteiger partial charge in [0.2, 0.25) is 5.52 Å². The number of rotatable bonds is 5. The van der Waals surface area contributed by atoms with Gasteiger partial charge in [0.05, 0.1) is 35.4 Å². The summed E-state index contributed by atoms with van der Waals surface area (Å²) in [7, 11) is 0.662. The van der Waals surface area contributed by atoms with Crippen LogP contribution in [0.4, 0.5) is 0 Å². The Morgan fingerprint density at radius 1 is 0.811 bits per heavy atom. The number of fused-ring (bicyclic) bond motifs is 5. The number of aryl methyl sites for hydroxylation is 2. The quantitative estimate of drug-likeness (QED) is 0.0961. The van der Waals surface area contributed by atoms with Crippen LogP contribution < -0.4 is 9.75 Å². The largest absolute Gasteiger partial charge is 0.307 e. The third kappa shape index (κ3) is 3.46. The van der Waals surface area contributed by atoms with E-state index in [9.17, 15) is 0 Å². The molecule has 6 aromatic rings. The molecule has 0 fully saturated rings. The molecular weight excluding hydrogens is 464 g/mol. The molecule has 3 heteroatoms. The molecule has 2 nitrogen and oxygen atoms in total. The van der Waals surface area contributed by atoms with E-state index in [1.807, 2.05) is 0 Å². The normalized spacial score (nSPS) is 13.3. The second-order valence-electron chi connectivity index (χ2n) is 12.7. The molecule has 0 saturated carbocycles. The summed E-state index contributed by atoms with van der Waals surface area (Å²) in [5.74, 6) is 0. The van der Waals surface area contributed by atoms with Gasteiger partial charge in [0.1, 0.15) is 7.05 Å². The van der Waals surface area contributed by atoms with E-state index < -0.39 is 8.07 Å². The fraction of sp³-hybridized carbons (Fsp3) is 0.382. The molecule has 0 aliphatic carbocycles. The SMILES string of the molecule is CC[Si](CC)(CC)c1cc2cc[n+](C)c3c4c(C)ccc5c6cc(CC(C)(C)C)ccc6n(c(c1)c23)c54. The lowest BCUT2D eigenvalue weighted by Crippen LogP contribution is -2.45. The molecule has 6 rings (SSSR count). The van der Waals surface area contributed by atoms with Crippen molar-refractivity contribution in [3.05, 3.63) is 65.9 Å². The third-order valence-corrected chi connectivity index (χ3v) is 14.8. The standard InChI is InChI=1S/C34H41N2Si/c1-9-37(10-2,11-3)25-19-24-16-17-35(8)33-30-22(4)12-14-26-27-18-23(21-34(5,6)7)13-15-28(27)36(32(26)30)29(20-25)31(24)33/h12-20H,9-11,21H2,1-8H3/q+1. The van der Waals surface area contributed by atoms with E-state index in [-0.39, 0.29) is 5.41 Å². The number of benzene rings is 3. The van der Waals surface area contributed by atoms with Crippen LogP contribution in [0.15, 0.2) is 54.7 Å². The Labute approximate surface area is 222 Å². The van der Waals surface area contributed by atoms with Crippen LogP contribution in [0.2, 0.25) is 18.1 Å². The molecule has 3 heterocycles. The van der Waals surface area contributed by atoms with Gasteiger partial charge in [-0.2, -0.15) is 0 Å². The van der Waals surface area contributed by atoms with Gasteiger partial charge < -0.3 is 4.40 Å². The first-order valence-electron chi connectivity index (χ1n) is 14.2. The lowest BCUT2D eigenvalue weighted by atomic mass is 9.88. The summed E-state index contributed by atoms with van der Waals surface area (Å²) in [4.78, 5) is 0. The maximum absolute atomic E-state index is 2.62. The fourth-order valence-electron chi connectivity index (χ4n) is 7.15. The predicted octanol–water partition coefficient (Wildman–Crippen LogP) is 8.43. The van der Waals surface area contributed by atoms with E-state index in [0.29, 0.717) is 0 Å². The van der Waals surface area contributed by atoms with Gasteiger partial charge in [-0.25, -0.2) is 4.57 Å². The van der Waals surface area contributed by atoms with E-state index in [2.05, 4.69) is 119 Å². The molecule has 0 unspecified atom stereocenters. The number of hydrogen-bond donors (Lipinski definition) is 0. The molecule has 0 amide bonds. The Morgan fingerprint density at radius 2 is 1.54 bits per heavy atom. The van der Waals surface area contributed by atoms with Gasteiger partial charge in [-0.3, -0.25) is 0 Å². The van der Waals surface area contributed by atoms with Gasteiger partial charge in [0, 0.05) is 16.8 Å². The van der Waals surface area contributed by atoms with Crippen molar-refractivity contribution in [3.63, 3.8) is 0 Å². The molecule has 190 valence electrons. The summed E-state index contributed by atoms with van der Waals surface area (Å²) in [6, 6.07) is 23.3. The molecule has 37 heavy (non-hydrogen) atoms. The highest BCUT2D eigenvalue weighted by Crippen LogP contribution is 2.41. The number of hydrogen-bond acceptors (Lipinski definition) is 0. The summed E-state index contributed by atoms with van der Waals surface area (Å²) >= 11 is 0. The zero-order valence-electron chi connectivity index (χ0n) is 23.9. The average Bonchev–Trinajstić information content (AvgIpc) is 3.19. The Morgan fingerprint density at radius 3 is 2.22 bits per heavy atom. The number of nitrogens with zero attached hydrogens (tertiary/aromatic N) is 2. The highest BCUT2D eigenvalue weighted by atomic mass is 28.3. The van der Waals surface area contributed by atoms with Crippen molar-refractivity contribution in [2.75, 3.05) is 0 Å². The summed E-state index contributed by atoms with van der Waals surface area (Å²) in [6.07, 6.45) is 3.36. The maximum atomic E-state index is 2.62. The maximum Gasteiger partial charge on any atom is 0.224 e. The summed E-state index contributed by atoms with van der Waals surface area (Å²) in [6.45, 7) is 16.5. The minimum Gasteiger partial charge on any atom is -0.307 e. The smallest absolute Gasteiger partial charge is 0.224 e. The lowest BCUT2D eigenvalue weighted by Gasteiger charge is -2.29. The Hall–Kier alpha value is -2.91. The number of aromatic nitrogens is 2. The molecule has 0 atom stereocenters. The monoisotopic (exact) mass is 505 g/mol. The highest BCUT2D eigenvalue weighted by molar-refractivity contribution is 6.92. The first-order chi connectivity index (χ1) is 17.6. The van der Waals surface area contributed by atoms with Crippen LogP contribution in [-0.2, 0) is 13.5 Å². The zero-order chi connectivity index (χ0) is 26.3. The first kappa shape index (κ1) is 24.4. The second kappa shape index (κ2) is 8.29. The topological polar surface area (TPSA) is 8.29 Å². The second-order valence-corrected chi connectivity index (χ2v) is 17.9. The van der Waals surface area contributed by atoms with Gasteiger partial charge in [0.15, 0.2) is 6.20 Å². The predicted molar refractivity (Wildman–Crippen MR) is 165 cm³/mol. The van der Waals surface area contributed by atoms with E-state index in [0.717, 1.165) is 6.42 Å². The van der Waals surface area contributed by atoms with Crippen LogP contribution >= 0.6 is 0 Å². The molecular formula is C34H41N2Si+. The van der Waals surface area contributed by atoms with Gasteiger partial charge in [-0.15, -0.1) is 0 Å². The molecule has 3 aromatic heterocycles. The van der Waals surface area contributed by atoms with Crippen molar-refractivity contribution < 1.29 is 4.57 Å². The average molecular weight is 506 g/mol. The third-order valence-electron chi connectivity index (χ3n) is 9.27. The first-order valence-corrected chi connectivity index (χ1v) is 16.8. The van der Waals surface area contributed by atoms with Crippen molar-refractivity contribution in [3.8, 4) is 0 Å². The van der Waals surface area contributed by atoms with Crippen molar-refractivity contribution >= 4 is 62.3 Å². The van der Waals surface area contributed by atoms with Crippen LogP contribution in [0.3, 0.4) is 0 Å². The van der Waals surface area contributed by atoms with Gasteiger partial charge in [0.25, 0.3) is 0 Å². The molecule has 0 aliphatic rings. The Kier molecular flexibility index (Phi) is 5.48. The van der Waals surface area contributed by atoms with Crippen molar-refractivity contribution in [2.45, 2.75) is 73.0 Å². The van der Waals surface area contributed by atoms with E-state index in [1.165, 1.54) is 78.3 Å². The van der Waals surface area contributed by atoms with Gasteiger partial charge in [-0.05, 0) is 53.5 Å². The minimum atomic E-state index is -1.55. The summed E-state index contributed by atoms with van der Waals surface area (Å²) < 4.78 is 4.97. The lowest BCUT2D eigenvalue weighted by molar-refractivity contribution is -0.643. The van der Waals surface area contributed by atoms with Crippen LogP contribution in [0.25, 0.3) is 49.0 Å². The van der Waals surface area contributed by atoms with Crippen LogP contribution in [0.5, 0.6) is 0 Å². The zero-order valence-corrected chi connectivity index (χ0v) is 24.9. The van der Waals surface area contributed by atoms with Crippen molar-refractivity contribution in [1.29, 1.82) is 0 Å². The highest BCUT2D eigenvalue weighted by Gasteiger charge is 2.32. The van der Waals surface area contributed by atoms with Crippen LogP contribution in [0.1, 0.15) is 52.7 Å². The van der Waals surface area contributed by atoms with E-state index in [1.54, 1.807) is 5.19 Å². The fourth-order valence-corrected chi connectivity index (χ4v) is 10.8. The molecule has 3 aromatic carbocycles. The molecule has 0 radical (unpaired) electrons. The molecule has 0 N–H and O–H groups in total. The van der Waals surface area contributed by atoms with Crippen molar-refractivity contribution in [2.24, 2.45) is 12.5 Å².